The zero-order valence-electron chi connectivity index (χ0n) is 10.3. The highest BCUT2D eigenvalue weighted by Gasteiger charge is 2.16. The first-order valence-corrected chi connectivity index (χ1v) is 5.80. The van der Waals surface area contributed by atoms with Crippen LogP contribution in [0.25, 0.3) is 0 Å². The first kappa shape index (κ1) is 13.4. The van der Waals surface area contributed by atoms with Gasteiger partial charge in [-0.25, -0.2) is 10.8 Å². The van der Waals surface area contributed by atoms with Crippen LogP contribution in [-0.2, 0) is 0 Å². The molecule has 0 aliphatic rings. The van der Waals surface area contributed by atoms with Crippen LogP contribution in [0.1, 0.15) is 37.2 Å². The van der Waals surface area contributed by atoms with E-state index in [2.05, 4.69) is 15.4 Å². The predicted molar refractivity (Wildman–Crippen MR) is 66.3 cm³/mol. The topological polar surface area (TPSA) is 84.1 Å². The fourth-order valence-corrected chi connectivity index (χ4v) is 1.56. The quantitative estimate of drug-likeness (QED) is 0.570. The fourth-order valence-electron chi connectivity index (χ4n) is 1.56. The van der Waals surface area contributed by atoms with E-state index in [0.29, 0.717) is 11.5 Å². The lowest BCUT2D eigenvalue weighted by Crippen LogP contribution is -2.33. The van der Waals surface area contributed by atoms with Crippen LogP contribution in [0.2, 0.25) is 0 Å². The highest BCUT2D eigenvalue weighted by molar-refractivity contribution is 5.92. The van der Waals surface area contributed by atoms with Gasteiger partial charge in [-0.05, 0) is 12.8 Å². The average molecular weight is 237 g/mol. The molecule has 1 aromatic rings. The van der Waals surface area contributed by atoms with Crippen molar-refractivity contribution >= 4 is 11.7 Å². The van der Waals surface area contributed by atoms with Crippen LogP contribution >= 0.6 is 0 Å². The summed E-state index contributed by atoms with van der Waals surface area (Å²) in [5, 5.41) is 0. The summed E-state index contributed by atoms with van der Waals surface area (Å²) in [7, 11) is 0. The maximum Gasteiger partial charge on any atom is 0.274 e. The van der Waals surface area contributed by atoms with E-state index in [4.69, 9.17) is 5.84 Å². The Labute approximate surface area is 101 Å². The van der Waals surface area contributed by atoms with Crippen LogP contribution in [0.4, 0.5) is 5.82 Å². The zero-order chi connectivity index (χ0) is 12.7. The lowest BCUT2D eigenvalue weighted by atomic mass is 10.3. The van der Waals surface area contributed by atoms with E-state index in [0.717, 1.165) is 25.9 Å². The number of hydrogen-bond donors (Lipinski definition) is 2. The van der Waals surface area contributed by atoms with E-state index in [1.807, 2.05) is 13.8 Å². The monoisotopic (exact) mass is 237 g/mol. The van der Waals surface area contributed by atoms with Gasteiger partial charge in [0.05, 0.1) is 12.4 Å². The van der Waals surface area contributed by atoms with E-state index < -0.39 is 0 Å². The second-order valence-corrected chi connectivity index (χ2v) is 3.73. The van der Waals surface area contributed by atoms with Crippen molar-refractivity contribution in [1.82, 2.24) is 14.9 Å². The molecule has 0 atom stereocenters. The number of nitrogens with two attached hydrogens (primary N) is 1. The van der Waals surface area contributed by atoms with Crippen molar-refractivity contribution in [2.75, 3.05) is 18.5 Å². The Bertz CT molecular complexity index is 363. The molecule has 0 unspecified atom stereocenters. The molecule has 0 aromatic carbocycles. The van der Waals surface area contributed by atoms with Gasteiger partial charge in [0.2, 0.25) is 0 Å². The largest absolute Gasteiger partial charge is 0.337 e. The van der Waals surface area contributed by atoms with E-state index >= 15 is 0 Å². The second kappa shape index (κ2) is 6.80. The summed E-state index contributed by atoms with van der Waals surface area (Å²) in [6, 6.07) is 0. The summed E-state index contributed by atoms with van der Waals surface area (Å²) in [6.45, 7) is 5.54. The zero-order valence-corrected chi connectivity index (χ0v) is 10.3. The van der Waals surface area contributed by atoms with Crippen LogP contribution in [0.5, 0.6) is 0 Å². The van der Waals surface area contributed by atoms with Crippen LogP contribution < -0.4 is 11.3 Å². The Morgan fingerprint density at radius 3 is 2.53 bits per heavy atom. The van der Waals surface area contributed by atoms with Gasteiger partial charge in [0.25, 0.3) is 5.91 Å². The number of carbonyl (C=O) groups is 1. The van der Waals surface area contributed by atoms with Crippen LogP contribution in [0.15, 0.2) is 12.4 Å². The normalized spacial score (nSPS) is 10.1. The first-order valence-electron chi connectivity index (χ1n) is 5.80. The van der Waals surface area contributed by atoms with Gasteiger partial charge in [-0.2, -0.15) is 0 Å². The predicted octanol–water partition coefficient (Wildman–Crippen LogP) is 1.02. The maximum atomic E-state index is 12.1. The summed E-state index contributed by atoms with van der Waals surface area (Å²) in [5.74, 6) is 5.53. The molecule has 0 saturated carbocycles. The van der Waals surface area contributed by atoms with Gasteiger partial charge in [0.15, 0.2) is 5.82 Å². The van der Waals surface area contributed by atoms with Crippen molar-refractivity contribution in [3.63, 3.8) is 0 Å². The Morgan fingerprint density at radius 1 is 1.35 bits per heavy atom. The van der Waals surface area contributed by atoms with Gasteiger partial charge in [0.1, 0.15) is 5.69 Å². The molecule has 0 bridgehead atoms. The smallest absolute Gasteiger partial charge is 0.274 e. The molecule has 0 aliphatic carbocycles. The van der Waals surface area contributed by atoms with Gasteiger partial charge in [0, 0.05) is 13.1 Å². The minimum absolute atomic E-state index is 0.0988. The molecule has 0 aliphatic heterocycles. The van der Waals surface area contributed by atoms with Gasteiger partial charge >= 0.3 is 0 Å². The molecule has 1 heterocycles. The van der Waals surface area contributed by atoms with Crippen molar-refractivity contribution in [2.45, 2.75) is 26.7 Å². The second-order valence-electron chi connectivity index (χ2n) is 3.73. The lowest BCUT2D eigenvalue weighted by molar-refractivity contribution is 0.0749. The molecule has 0 fully saturated rings. The summed E-state index contributed by atoms with van der Waals surface area (Å²) >= 11 is 0. The van der Waals surface area contributed by atoms with Gasteiger partial charge in [-0.15, -0.1) is 0 Å². The van der Waals surface area contributed by atoms with Crippen LogP contribution in [-0.4, -0.2) is 33.9 Å². The number of anilines is 1. The maximum absolute atomic E-state index is 12.1. The van der Waals surface area contributed by atoms with Crippen molar-refractivity contribution in [3.8, 4) is 0 Å². The Balaban J connectivity index is 2.84. The number of amides is 1. The summed E-state index contributed by atoms with van der Waals surface area (Å²) < 4.78 is 0. The molecule has 6 heteroatoms. The number of rotatable bonds is 6. The van der Waals surface area contributed by atoms with E-state index in [1.54, 1.807) is 4.90 Å². The van der Waals surface area contributed by atoms with Crippen molar-refractivity contribution in [3.05, 3.63) is 18.1 Å². The molecule has 0 spiro atoms. The summed E-state index contributed by atoms with van der Waals surface area (Å²) in [4.78, 5) is 21.9. The van der Waals surface area contributed by atoms with Gasteiger partial charge < -0.3 is 10.3 Å². The Morgan fingerprint density at radius 2 is 2.00 bits per heavy atom. The Kier molecular flexibility index (Phi) is 5.35. The minimum atomic E-state index is -0.0988. The Hall–Kier alpha value is -1.69. The first-order chi connectivity index (χ1) is 8.22. The van der Waals surface area contributed by atoms with Crippen molar-refractivity contribution in [1.29, 1.82) is 0 Å². The number of hydrogen-bond acceptors (Lipinski definition) is 5. The SMILES string of the molecule is CCCN(CCC)C(=O)c1cncc(NN)n1. The number of hydrazine groups is 1. The standard InChI is InChI=1S/C11H19N5O/c1-3-5-16(6-4-2)11(17)9-7-13-8-10(14-9)15-12/h7-8H,3-6,12H2,1-2H3,(H,14,15). The molecule has 0 radical (unpaired) electrons. The average Bonchev–Trinajstić information content (AvgIpc) is 2.38. The molecule has 1 amide bonds. The van der Waals surface area contributed by atoms with Gasteiger partial charge in [-0.3, -0.25) is 9.78 Å². The van der Waals surface area contributed by atoms with Crippen LogP contribution in [0.3, 0.4) is 0 Å². The summed E-state index contributed by atoms with van der Waals surface area (Å²) in [6.07, 6.45) is 4.78. The minimum Gasteiger partial charge on any atom is -0.337 e. The highest BCUT2D eigenvalue weighted by Crippen LogP contribution is 2.06. The number of nitrogens with one attached hydrogen (secondary N) is 1. The molecule has 3 N–H and O–H groups in total. The van der Waals surface area contributed by atoms with E-state index in [-0.39, 0.29) is 5.91 Å². The van der Waals surface area contributed by atoms with E-state index in [1.165, 1.54) is 12.4 Å². The number of aromatic nitrogens is 2. The number of nitrogen functional groups attached to an aromatic ring is 1. The fraction of sp³-hybridized carbons (Fsp3) is 0.545. The molecule has 94 valence electrons. The molecule has 6 nitrogen and oxygen atoms in total. The molecular formula is C11H19N5O. The van der Waals surface area contributed by atoms with Crippen molar-refractivity contribution in [2.24, 2.45) is 5.84 Å². The molecule has 17 heavy (non-hydrogen) atoms. The molecular weight excluding hydrogens is 218 g/mol. The molecule has 1 aromatic heterocycles. The van der Waals surface area contributed by atoms with Crippen LogP contribution in [0, 0.1) is 0 Å². The third kappa shape index (κ3) is 3.67. The third-order valence-electron chi connectivity index (χ3n) is 2.28. The summed E-state index contributed by atoms with van der Waals surface area (Å²) in [5.41, 5.74) is 2.70. The third-order valence-corrected chi connectivity index (χ3v) is 2.28. The van der Waals surface area contributed by atoms with Gasteiger partial charge in [-0.1, -0.05) is 13.8 Å². The lowest BCUT2D eigenvalue weighted by Gasteiger charge is -2.20. The van der Waals surface area contributed by atoms with Crippen molar-refractivity contribution < 1.29 is 4.79 Å². The number of nitrogens with zero attached hydrogens (tertiary/aromatic N) is 3. The van der Waals surface area contributed by atoms with E-state index in [9.17, 15) is 4.79 Å². The molecule has 0 saturated heterocycles. The molecule has 1 rings (SSSR count). The highest BCUT2D eigenvalue weighted by atomic mass is 16.2. The number of carbonyl (C=O) groups excluding carboxylic acids is 1.